The molecule has 100 valence electrons. The van der Waals surface area contributed by atoms with Gasteiger partial charge in [0.1, 0.15) is 11.5 Å². The molecule has 0 saturated carbocycles. The van der Waals surface area contributed by atoms with Crippen molar-refractivity contribution in [2.75, 3.05) is 7.11 Å². The molecule has 1 unspecified atom stereocenters. The maximum absolute atomic E-state index is 10.2. The van der Waals surface area contributed by atoms with Crippen molar-refractivity contribution in [3.8, 4) is 11.5 Å². The van der Waals surface area contributed by atoms with E-state index < -0.39 is 6.10 Å². The molecule has 3 nitrogen and oxygen atoms in total. The highest BCUT2D eigenvalue weighted by atomic mass is 16.5. The Morgan fingerprint density at radius 3 is 2.58 bits per heavy atom. The van der Waals surface area contributed by atoms with Crippen LogP contribution in [0.4, 0.5) is 0 Å². The van der Waals surface area contributed by atoms with Crippen molar-refractivity contribution < 1.29 is 14.9 Å². The number of methoxy groups -OCH3 is 1. The van der Waals surface area contributed by atoms with Gasteiger partial charge >= 0.3 is 0 Å². The van der Waals surface area contributed by atoms with Crippen LogP contribution in [0.1, 0.15) is 22.8 Å². The second kappa shape index (κ2) is 5.76. The largest absolute Gasteiger partial charge is 0.508 e. The second-order valence-corrected chi connectivity index (χ2v) is 4.63. The molecule has 2 rings (SSSR count). The fraction of sp³-hybridized carbons (Fsp3) is 0.250. The minimum Gasteiger partial charge on any atom is -0.508 e. The van der Waals surface area contributed by atoms with Gasteiger partial charge in [-0.2, -0.15) is 0 Å². The molecule has 0 spiro atoms. The standard InChI is InChI=1S/C16H18O3/c1-11-4-3-5-12(8-11)15(17)9-13-6-7-14(19-2)10-16(13)18/h3-8,10,15,17-18H,9H2,1-2H3. The molecule has 2 aromatic rings. The molecular formula is C16H18O3. The zero-order valence-corrected chi connectivity index (χ0v) is 11.1. The van der Waals surface area contributed by atoms with Crippen molar-refractivity contribution in [3.05, 3.63) is 59.2 Å². The Hall–Kier alpha value is -2.00. The van der Waals surface area contributed by atoms with Crippen LogP contribution >= 0.6 is 0 Å². The lowest BCUT2D eigenvalue weighted by Gasteiger charge is -2.13. The van der Waals surface area contributed by atoms with E-state index in [-0.39, 0.29) is 5.75 Å². The van der Waals surface area contributed by atoms with Gasteiger partial charge in [0.15, 0.2) is 0 Å². The zero-order valence-electron chi connectivity index (χ0n) is 11.1. The van der Waals surface area contributed by atoms with Gasteiger partial charge in [-0.1, -0.05) is 35.9 Å². The molecule has 0 aliphatic carbocycles. The summed E-state index contributed by atoms with van der Waals surface area (Å²) in [5.74, 6) is 0.748. The summed E-state index contributed by atoms with van der Waals surface area (Å²) in [6.07, 6.45) is -0.251. The Balaban J connectivity index is 2.17. The number of hydrogen-bond acceptors (Lipinski definition) is 3. The lowest BCUT2D eigenvalue weighted by atomic mass is 9.99. The summed E-state index contributed by atoms with van der Waals surface area (Å²) < 4.78 is 5.03. The number of hydrogen-bond donors (Lipinski definition) is 2. The Labute approximate surface area is 113 Å². The Kier molecular flexibility index (Phi) is 4.07. The summed E-state index contributed by atoms with van der Waals surface area (Å²) in [5, 5.41) is 20.1. The summed E-state index contributed by atoms with van der Waals surface area (Å²) in [5.41, 5.74) is 2.67. The van der Waals surface area contributed by atoms with Crippen LogP contribution in [0.3, 0.4) is 0 Å². The normalized spacial score (nSPS) is 12.2. The SMILES string of the molecule is COc1ccc(CC(O)c2cccc(C)c2)c(O)c1. The van der Waals surface area contributed by atoms with Crippen molar-refractivity contribution in [2.45, 2.75) is 19.4 Å². The molecule has 0 amide bonds. The lowest BCUT2D eigenvalue weighted by Crippen LogP contribution is -2.02. The van der Waals surface area contributed by atoms with Gasteiger partial charge in [0.05, 0.1) is 13.2 Å². The Morgan fingerprint density at radius 2 is 1.95 bits per heavy atom. The second-order valence-electron chi connectivity index (χ2n) is 4.63. The molecule has 0 aromatic heterocycles. The summed E-state index contributed by atoms with van der Waals surface area (Å²) in [6, 6.07) is 12.8. The molecule has 19 heavy (non-hydrogen) atoms. The molecule has 0 saturated heterocycles. The van der Waals surface area contributed by atoms with Gasteiger partial charge in [0.2, 0.25) is 0 Å². The van der Waals surface area contributed by atoms with E-state index >= 15 is 0 Å². The molecule has 0 heterocycles. The van der Waals surface area contributed by atoms with Crippen LogP contribution in [0.15, 0.2) is 42.5 Å². The van der Waals surface area contributed by atoms with E-state index in [1.54, 1.807) is 25.3 Å². The van der Waals surface area contributed by atoms with Crippen LogP contribution in [-0.4, -0.2) is 17.3 Å². The van der Waals surface area contributed by atoms with Crippen LogP contribution in [0.5, 0.6) is 11.5 Å². The van der Waals surface area contributed by atoms with E-state index in [2.05, 4.69) is 0 Å². The van der Waals surface area contributed by atoms with E-state index in [9.17, 15) is 10.2 Å². The van der Waals surface area contributed by atoms with E-state index in [1.807, 2.05) is 31.2 Å². The number of aryl methyl sites for hydroxylation is 1. The topological polar surface area (TPSA) is 49.7 Å². The number of aliphatic hydroxyl groups is 1. The van der Waals surface area contributed by atoms with Gasteiger partial charge < -0.3 is 14.9 Å². The minimum absolute atomic E-state index is 0.144. The molecule has 0 radical (unpaired) electrons. The van der Waals surface area contributed by atoms with Crippen molar-refractivity contribution in [1.82, 2.24) is 0 Å². The summed E-state index contributed by atoms with van der Waals surface area (Å²) in [6.45, 7) is 1.99. The zero-order chi connectivity index (χ0) is 13.8. The highest BCUT2D eigenvalue weighted by Crippen LogP contribution is 2.28. The molecule has 1 atom stereocenters. The van der Waals surface area contributed by atoms with Gasteiger partial charge in [-0.05, 0) is 24.1 Å². The first-order chi connectivity index (χ1) is 9.10. The minimum atomic E-state index is -0.626. The molecule has 0 aliphatic rings. The van der Waals surface area contributed by atoms with Gasteiger partial charge in [-0.15, -0.1) is 0 Å². The average molecular weight is 258 g/mol. The number of phenols is 1. The highest BCUT2D eigenvalue weighted by molar-refractivity contribution is 5.40. The molecule has 0 bridgehead atoms. The first kappa shape index (κ1) is 13.4. The molecular weight excluding hydrogens is 240 g/mol. The van der Waals surface area contributed by atoms with E-state index in [4.69, 9.17) is 4.74 Å². The molecule has 3 heteroatoms. The predicted octanol–water partition coefficient (Wildman–Crippen LogP) is 2.99. The number of ether oxygens (including phenoxy) is 1. The number of rotatable bonds is 4. The number of benzene rings is 2. The van der Waals surface area contributed by atoms with Crippen LogP contribution in [0, 0.1) is 6.92 Å². The Bertz CT molecular complexity index is 564. The van der Waals surface area contributed by atoms with E-state index in [0.29, 0.717) is 17.7 Å². The van der Waals surface area contributed by atoms with Crippen LogP contribution in [0.25, 0.3) is 0 Å². The van der Waals surface area contributed by atoms with Crippen LogP contribution in [-0.2, 0) is 6.42 Å². The van der Waals surface area contributed by atoms with Gasteiger partial charge in [-0.3, -0.25) is 0 Å². The van der Waals surface area contributed by atoms with Crippen molar-refractivity contribution in [2.24, 2.45) is 0 Å². The molecule has 0 aliphatic heterocycles. The first-order valence-corrected chi connectivity index (χ1v) is 6.20. The van der Waals surface area contributed by atoms with Crippen molar-refractivity contribution in [3.63, 3.8) is 0 Å². The Morgan fingerprint density at radius 1 is 1.16 bits per heavy atom. The summed E-state index contributed by atoms with van der Waals surface area (Å²) in [4.78, 5) is 0. The van der Waals surface area contributed by atoms with Crippen molar-refractivity contribution >= 4 is 0 Å². The quantitative estimate of drug-likeness (QED) is 0.886. The fourth-order valence-electron chi connectivity index (χ4n) is 2.05. The maximum atomic E-state index is 10.2. The molecule has 2 aromatic carbocycles. The van der Waals surface area contributed by atoms with Gasteiger partial charge in [-0.25, -0.2) is 0 Å². The number of aliphatic hydroxyl groups excluding tert-OH is 1. The monoisotopic (exact) mass is 258 g/mol. The highest BCUT2D eigenvalue weighted by Gasteiger charge is 2.12. The lowest BCUT2D eigenvalue weighted by molar-refractivity contribution is 0.177. The van der Waals surface area contributed by atoms with E-state index in [1.165, 1.54) is 0 Å². The maximum Gasteiger partial charge on any atom is 0.122 e. The smallest absolute Gasteiger partial charge is 0.122 e. The first-order valence-electron chi connectivity index (χ1n) is 6.20. The third-order valence-corrected chi connectivity index (χ3v) is 3.13. The summed E-state index contributed by atoms with van der Waals surface area (Å²) >= 11 is 0. The third kappa shape index (κ3) is 3.26. The van der Waals surface area contributed by atoms with Crippen LogP contribution < -0.4 is 4.74 Å². The number of aromatic hydroxyl groups is 1. The van der Waals surface area contributed by atoms with Crippen LogP contribution in [0.2, 0.25) is 0 Å². The van der Waals surface area contributed by atoms with Crippen molar-refractivity contribution in [1.29, 1.82) is 0 Å². The molecule has 0 fully saturated rings. The molecule has 2 N–H and O–H groups in total. The summed E-state index contributed by atoms with van der Waals surface area (Å²) in [7, 11) is 1.55. The fourth-order valence-corrected chi connectivity index (χ4v) is 2.05. The van der Waals surface area contributed by atoms with Gasteiger partial charge in [0.25, 0.3) is 0 Å². The average Bonchev–Trinajstić information content (AvgIpc) is 2.41. The third-order valence-electron chi connectivity index (χ3n) is 3.13. The van der Waals surface area contributed by atoms with E-state index in [0.717, 1.165) is 11.1 Å². The number of phenolic OH excluding ortho intramolecular Hbond substituents is 1. The predicted molar refractivity (Wildman–Crippen MR) is 74.5 cm³/mol. The van der Waals surface area contributed by atoms with Gasteiger partial charge in [0, 0.05) is 12.5 Å².